The SMILES string of the molecule is Cc1sc(C(O)c2ccc(Br)cc2F)cc1Br. The van der Waals surface area contributed by atoms with Crippen molar-refractivity contribution in [2.45, 2.75) is 13.0 Å². The molecular formula is C12H9Br2FOS. The van der Waals surface area contributed by atoms with E-state index >= 15 is 0 Å². The Morgan fingerprint density at radius 3 is 2.53 bits per heavy atom. The lowest BCUT2D eigenvalue weighted by Gasteiger charge is -2.10. The van der Waals surface area contributed by atoms with Crippen LogP contribution in [-0.2, 0) is 0 Å². The van der Waals surface area contributed by atoms with Crippen LogP contribution in [0.2, 0.25) is 0 Å². The zero-order chi connectivity index (χ0) is 12.6. The van der Waals surface area contributed by atoms with Crippen molar-refractivity contribution in [3.05, 3.63) is 54.3 Å². The van der Waals surface area contributed by atoms with Crippen molar-refractivity contribution in [1.29, 1.82) is 0 Å². The highest BCUT2D eigenvalue weighted by atomic mass is 79.9. The molecule has 0 saturated carbocycles. The quantitative estimate of drug-likeness (QED) is 0.794. The topological polar surface area (TPSA) is 20.2 Å². The van der Waals surface area contributed by atoms with Crippen LogP contribution in [0.5, 0.6) is 0 Å². The number of hydrogen-bond acceptors (Lipinski definition) is 2. The lowest BCUT2D eigenvalue weighted by atomic mass is 10.1. The van der Waals surface area contributed by atoms with Gasteiger partial charge in [-0.15, -0.1) is 11.3 Å². The molecule has 0 spiro atoms. The molecule has 0 aliphatic rings. The smallest absolute Gasteiger partial charge is 0.130 e. The molecule has 0 amide bonds. The lowest BCUT2D eigenvalue weighted by Crippen LogP contribution is -2.00. The summed E-state index contributed by atoms with van der Waals surface area (Å²) < 4.78 is 15.3. The van der Waals surface area contributed by atoms with E-state index in [1.54, 1.807) is 12.1 Å². The highest BCUT2D eigenvalue weighted by Gasteiger charge is 2.18. The molecule has 5 heteroatoms. The minimum absolute atomic E-state index is 0.293. The minimum atomic E-state index is -0.918. The Kier molecular flexibility index (Phi) is 4.02. The first-order valence-corrected chi connectivity index (χ1v) is 7.28. The Balaban J connectivity index is 2.39. The van der Waals surface area contributed by atoms with Gasteiger partial charge in [-0.05, 0) is 41.1 Å². The van der Waals surface area contributed by atoms with E-state index in [9.17, 15) is 9.50 Å². The van der Waals surface area contributed by atoms with Gasteiger partial charge in [0.05, 0.1) is 0 Å². The van der Waals surface area contributed by atoms with Gasteiger partial charge in [-0.2, -0.15) is 0 Å². The van der Waals surface area contributed by atoms with E-state index in [-0.39, 0.29) is 0 Å². The monoisotopic (exact) mass is 378 g/mol. The number of aliphatic hydroxyl groups is 1. The van der Waals surface area contributed by atoms with E-state index in [0.717, 1.165) is 14.2 Å². The third kappa shape index (κ3) is 2.78. The van der Waals surface area contributed by atoms with Crippen LogP contribution >= 0.6 is 43.2 Å². The largest absolute Gasteiger partial charge is 0.383 e. The molecule has 0 fully saturated rings. The van der Waals surface area contributed by atoms with Crippen molar-refractivity contribution >= 4 is 43.2 Å². The van der Waals surface area contributed by atoms with Crippen LogP contribution in [0, 0.1) is 12.7 Å². The van der Waals surface area contributed by atoms with Gasteiger partial charge in [-0.25, -0.2) is 4.39 Å². The molecule has 0 aliphatic carbocycles. The standard InChI is InChI=1S/C12H9Br2FOS/c1-6-9(14)5-11(17-6)12(16)8-3-2-7(13)4-10(8)15/h2-5,12,16H,1H3. The van der Waals surface area contributed by atoms with Crippen LogP contribution in [0.15, 0.2) is 33.2 Å². The maximum Gasteiger partial charge on any atom is 0.130 e. The molecule has 90 valence electrons. The molecular weight excluding hydrogens is 371 g/mol. The Bertz CT molecular complexity index is 534. The van der Waals surface area contributed by atoms with Crippen molar-refractivity contribution in [2.24, 2.45) is 0 Å². The lowest BCUT2D eigenvalue weighted by molar-refractivity contribution is 0.218. The van der Waals surface area contributed by atoms with E-state index in [1.165, 1.54) is 17.4 Å². The molecule has 2 rings (SSSR count). The van der Waals surface area contributed by atoms with Crippen molar-refractivity contribution < 1.29 is 9.50 Å². The zero-order valence-electron chi connectivity index (χ0n) is 8.88. The Hall–Kier alpha value is -0.230. The molecule has 0 radical (unpaired) electrons. The molecule has 2 aromatic rings. The van der Waals surface area contributed by atoms with Crippen LogP contribution in [0.3, 0.4) is 0 Å². The van der Waals surface area contributed by atoms with E-state index < -0.39 is 11.9 Å². The van der Waals surface area contributed by atoms with Crippen molar-refractivity contribution in [3.8, 4) is 0 Å². The molecule has 17 heavy (non-hydrogen) atoms. The van der Waals surface area contributed by atoms with Crippen LogP contribution in [0.1, 0.15) is 21.4 Å². The van der Waals surface area contributed by atoms with E-state index in [4.69, 9.17) is 0 Å². The zero-order valence-corrected chi connectivity index (χ0v) is 12.9. The molecule has 1 heterocycles. The molecule has 0 saturated heterocycles. The van der Waals surface area contributed by atoms with Gasteiger partial charge < -0.3 is 5.11 Å². The first kappa shape index (κ1) is 13.2. The van der Waals surface area contributed by atoms with Crippen molar-refractivity contribution in [3.63, 3.8) is 0 Å². The van der Waals surface area contributed by atoms with Crippen LogP contribution in [-0.4, -0.2) is 5.11 Å². The summed E-state index contributed by atoms with van der Waals surface area (Å²) in [6.45, 7) is 1.95. The Morgan fingerprint density at radius 2 is 2.00 bits per heavy atom. The summed E-state index contributed by atoms with van der Waals surface area (Å²) in [6, 6.07) is 6.49. The summed E-state index contributed by atoms with van der Waals surface area (Å²) in [5.41, 5.74) is 0.293. The second-order valence-electron chi connectivity index (χ2n) is 3.62. The van der Waals surface area contributed by atoms with Gasteiger partial charge >= 0.3 is 0 Å². The van der Waals surface area contributed by atoms with Crippen LogP contribution < -0.4 is 0 Å². The number of aliphatic hydroxyl groups excluding tert-OH is 1. The predicted molar refractivity (Wildman–Crippen MR) is 74.9 cm³/mol. The van der Waals surface area contributed by atoms with Gasteiger partial charge in [0.15, 0.2) is 0 Å². The fourth-order valence-corrected chi connectivity index (χ4v) is 3.39. The fraction of sp³-hybridized carbons (Fsp3) is 0.167. The number of rotatable bonds is 2. The predicted octanol–water partition coefficient (Wildman–Crippen LogP) is 4.80. The molecule has 1 atom stereocenters. The Morgan fingerprint density at radius 1 is 1.29 bits per heavy atom. The highest BCUT2D eigenvalue weighted by molar-refractivity contribution is 9.10. The van der Waals surface area contributed by atoms with E-state index in [0.29, 0.717) is 10.0 Å². The molecule has 1 nitrogen and oxygen atoms in total. The van der Waals surface area contributed by atoms with Crippen LogP contribution in [0.4, 0.5) is 4.39 Å². The van der Waals surface area contributed by atoms with Gasteiger partial charge in [-0.3, -0.25) is 0 Å². The molecule has 0 aliphatic heterocycles. The number of thiophene rings is 1. The molecule has 1 unspecified atom stereocenters. The van der Waals surface area contributed by atoms with Gasteiger partial charge in [0.25, 0.3) is 0 Å². The maximum atomic E-state index is 13.7. The van der Waals surface area contributed by atoms with Crippen molar-refractivity contribution in [1.82, 2.24) is 0 Å². The maximum absolute atomic E-state index is 13.7. The fourth-order valence-electron chi connectivity index (χ4n) is 1.49. The second kappa shape index (κ2) is 5.18. The number of aryl methyl sites for hydroxylation is 1. The molecule has 1 aromatic heterocycles. The van der Waals surface area contributed by atoms with Gasteiger partial charge in [0.2, 0.25) is 0 Å². The number of hydrogen-bond donors (Lipinski definition) is 1. The average Bonchev–Trinajstić information content (AvgIpc) is 2.58. The van der Waals surface area contributed by atoms with Gasteiger partial charge in [0.1, 0.15) is 11.9 Å². The summed E-state index contributed by atoms with van der Waals surface area (Å²) in [7, 11) is 0. The second-order valence-corrected chi connectivity index (χ2v) is 6.68. The first-order chi connectivity index (χ1) is 7.99. The number of benzene rings is 1. The minimum Gasteiger partial charge on any atom is -0.383 e. The third-order valence-corrected chi connectivity index (χ3v) is 5.09. The molecule has 1 aromatic carbocycles. The van der Waals surface area contributed by atoms with E-state index in [2.05, 4.69) is 31.9 Å². The summed E-state index contributed by atoms with van der Waals surface area (Å²) in [6.07, 6.45) is -0.918. The summed E-state index contributed by atoms with van der Waals surface area (Å²) in [4.78, 5) is 1.80. The van der Waals surface area contributed by atoms with Gasteiger partial charge in [-0.1, -0.05) is 22.0 Å². The average molecular weight is 380 g/mol. The van der Waals surface area contributed by atoms with Crippen LogP contribution in [0.25, 0.3) is 0 Å². The van der Waals surface area contributed by atoms with Gasteiger partial charge in [0, 0.05) is 24.3 Å². The Labute approximate surface area is 120 Å². The summed E-state index contributed by atoms with van der Waals surface area (Å²) in [5.74, 6) is -0.408. The highest BCUT2D eigenvalue weighted by Crippen LogP contribution is 2.34. The molecule has 1 N–H and O–H groups in total. The normalized spacial score (nSPS) is 12.8. The van der Waals surface area contributed by atoms with Crippen molar-refractivity contribution in [2.75, 3.05) is 0 Å². The summed E-state index contributed by atoms with van der Waals surface area (Å²) >= 11 is 8.03. The third-order valence-electron chi connectivity index (χ3n) is 2.40. The summed E-state index contributed by atoms with van der Waals surface area (Å²) in [5, 5.41) is 10.1. The molecule has 0 bridgehead atoms. The number of halogens is 3. The first-order valence-electron chi connectivity index (χ1n) is 4.88. The van der Waals surface area contributed by atoms with E-state index in [1.807, 2.05) is 13.0 Å².